The van der Waals surface area contributed by atoms with Crippen molar-refractivity contribution in [1.82, 2.24) is 5.32 Å². The van der Waals surface area contributed by atoms with Crippen molar-refractivity contribution >= 4 is 11.9 Å². The molecule has 0 saturated heterocycles. The number of carbonyl (C=O) groups excluding carboxylic acids is 1. The van der Waals surface area contributed by atoms with E-state index in [0.717, 1.165) is 0 Å². The number of amides is 1. The van der Waals surface area contributed by atoms with Crippen molar-refractivity contribution in [3.63, 3.8) is 0 Å². The van der Waals surface area contributed by atoms with E-state index in [4.69, 9.17) is 9.52 Å². The molecule has 0 aromatic carbocycles. The van der Waals surface area contributed by atoms with Gasteiger partial charge in [0.2, 0.25) is 0 Å². The van der Waals surface area contributed by atoms with Crippen molar-refractivity contribution in [2.75, 3.05) is 0 Å². The van der Waals surface area contributed by atoms with E-state index in [1.807, 2.05) is 0 Å². The first-order valence-corrected chi connectivity index (χ1v) is 4.59. The molecule has 1 heterocycles. The Morgan fingerprint density at radius 1 is 1.47 bits per heavy atom. The molecule has 2 unspecified atom stereocenters. The summed E-state index contributed by atoms with van der Waals surface area (Å²) in [5.74, 6) is -1.80. The van der Waals surface area contributed by atoms with Crippen LogP contribution in [0.25, 0.3) is 0 Å². The number of carbonyl (C=O) groups is 2. The predicted octanol–water partition coefficient (Wildman–Crippen LogP) is 1.12. The summed E-state index contributed by atoms with van der Waals surface area (Å²) in [6, 6.07) is 2.67. The van der Waals surface area contributed by atoms with Gasteiger partial charge in [0.1, 0.15) is 0 Å². The molecule has 0 aliphatic heterocycles. The van der Waals surface area contributed by atoms with Crippen LogP contribution in [0.2, 0.25) is 0 Å². The van der Waals surface area contributed by atoms with Crippen molar-refractivity contribution in [1.29, 1.82) is 0 Å². The van der Waals surface area contributed by atoms with Crippen LogP contribution >= 0.6 is 0 Å². The maximum Gasteiger partial charge on any atom is 0.308 e. The maximum atomic E-state index is 11.4. The minimum atomic E-state index is -0.942. The molecule has 82 valence electrons. The smallest absolute Gasteiger partial charge is 0.308 e. The van der Waals surface area contributed by atoms with Crippen molar-refractivity contribution in [2.45, 2.75) is 19.9 Å². The number of furan rings is 1. The van der Waals surface area contributed by atoms with Crippen LogP contribution in [-0.2, 0) is 4.79 Å². The van der Waals surface area contributed by atoms with Crippen molar-refractivity contribution in [3.05, 3.63) is 24.2 Å². The van der Waals surface area contributed by atoms with Crippen LogP contribution in [0.4, 0.5) is 0 Å². The zero-order valence-corrected chi connectivity index (χ0v) is 8.56. The van der Waals surface area contributed by atoms with E-state index < -0.39 is 23.8 Å². The molecule has 5 heteroatoms. The SMILES string of the molecule is CC(NC(=O)c1ccco1)C(C)C(=O)O. The Bertz CT molecular complexity index is 344. The van der Waals surface area contributed by atoms with Gasteiger partial charge in [0.05, 0.1) is 12.2 Å². The Hall–Kier alpha value is -1.78. The third-order valence-corrected chi connectivity index (χ3v) is 2.24. The predicted molar refractivity (Wildman–Crippen MR) is 52.4 cm³/mol. The summed E-state index contributed by atoms with van der Waals surface area (Å²) in [5, 5.41) is 11.3. The number of carboxylic acids is 1. The zero-order valence-electron chi connectivity index (χ0n) is 8.56. The van der Waals surface area contributed by atoms with E-state index in [2.05, 4.69) is 5.32 Å². The molecule has 1 aromatic rings. The van der Waals surface area contributed by atoms with E-state index in [0.29, 0.717) is 0 Å². The summed E-state index contributed by atoms with van der Waals surface area (Å²) in [7, 11) is 0. The summed E-state index contributed by atoms with van der Waals surface area (Å²) in [4.78, 5) is 22.1. The largest absolute Gasteiger partial charge is 0.481 e. The first kappa shape index (κ1) is 11.3. The lowest BCUT2D eigenvalue weighted by atomic mass is 10.0. The Kier molecular flexibility index (Phi) is 3.49. The molecule has 15 heavy (non-hydrogen) atoms. The highest BCUT2D eigenvalue weighted by molar-refractivity contribution is 5.91. The topological polar surface area (TPSA) is 79.5 Å². The summed E-state index contributed by atoms with van der Waals surface area (Å²) >= 11 is 0. The number of carboxylic acid groups (broad SMARTS) is 1. The van der Waals surface area contributed by atoms with Crippen LogP contribution in [0, 0.1) is 5.92 Å². The highest BCUT2D eigenvalue weighted by Gasteiger charge is 2.22. The third kappa shape index (κ3) is 2.83. The zero-order chi connectivity index (χ0) is 11.4. The van der Waals surface area contributed by atoms with Crippen molar-refractivity contribution < 1.29 is 19.1 Å². The van der Waals surface area contributed by atoms with Gasteiger partial charge in [0.15, 0.2) is 5.76 Å². The van der Waals surface area contributed by atoms with Crippen LogP contribution < -0.4 is 5.32 Å². The van der Waals surface area contributed by atoms with Crippen LogP contribution in [-0.4, -0.2) is 23.0 Å². The van der Waals surface area contributed by atoms with Gasteiger partial charge in [-0.3, -0.25) is 9.59 Å². The van der Waals surface area contributed by atoms with E-state index >= 15 is 0 Å². The Labute approximate surface area is 87.1 Å². The fraction of sp³-hybridized carbons (Fsp3) is 0.400. The third-order valence-electron chi connectivity index (χ3n) is 2.24. The second-order valence-corrected chi connectivity index (χ2v) is 3.37. The van der Waals surface area contributed by atoms with Gasteiger partial charge in [0, 0.05) is 6.04 Å². The molecule has 0 aliphatic carbocycles. The van der Waals surface area contributed by atoms with Gasteiger partial charge in [-0.2, -0.15) is 0 Å². The summed E-state index contributed by atoms with van der Waals surface area (Å²) in [6.07, 6.45) is 1.39. The molecule has 0 radical (unpaired) electrons. The average Bonchev–Trinajstić information content (AvgIpc) is 2.68. The van der Waals surface area contributed by atoms with E-state index in [-0.39, 0.29) is 5.76 Å². The molecule has 1 rings (SSSR count). The summed E-state index contributed by atoms with van der Waals surface area (Å²) < 4.78 is 4.88. The van der Waals surface area contributed by atoms with Crippen molar-refractivity contribution in [3.8, 4) is 0 Å². The monoisotopic (exact) mass is 211 g/mol. The Balaban J connectivity index is 2.56. The lowest BCUT2D eigenvalue weighted by Crippen LogP contribution is -2.39. The summed E-state index contributed by atoms with van der Waals surface area (Å²) in [5.41, 5.74) is 0. The second kappa shape index (κ2) is 4.63. The van der Waals surface area contributed by atoms with Gasteiger partial charge in [-0.15, -0.1) is 0 Å². The van der Waals surface area contributed by atoms with E-state index in [1.165, 1.54) is 19.3 Å². The Morgan fingerprint density at radius 2 is 2.13 bits per heavy atom. The first-order valence-electron chi connectivity index (χ1n) is 4.59. The molecule has 0 fully saturated rings. The standard InChI is InChI=1S/C10H13NO4/c1-6(10(13)14)7(2)11-9(12)8-4-3-5-15-8/h3-7H,1-2H3,(H,11,12)(H,13,14). The lowest BCUT2D eigenvalue weighted by molar-refractivity contribution is -0.141. The normalized spacial score (nSPS) is 14.3. The molecule has 0 bridgehead atoms. The molecule has 1 amide bonds. The molecule has 2 atom stereocenters. The van der Waals surface area contributed by atoms with Crippen LogP contribution in [0.15, 0.2) is 22.8 Å². The summed E-state index contributed by atoms with van der Waals surface area (Å²) in [6.45, 7) is 3.18. The molecule has 2 N–H and O–H groups in total. The fourth-order valence-electron chi connectivity index (χ4n) is 1.02. The second-order valence-electron chi connectivity index (χ2n) is 3.37. The number of nitrogens with one attached hydrogen (secondary N) is 1. The van der Waals surface area contributed by atoms with Gasteiger partial charge < -0.3 is 14.8 Å². The maximum absolute atomic E-state index is 11.4. The molecule has 0 aliphatic rings. The van der Waals surface area contributed by atoms with Gasteiger partial charge in [-0.1, -0.05) is 0 Å². The fourth-order valence-corrected chi connectivity index (χ4v) is 1.02. The number of hydrogen-bond acceptors (Lipinski definition) is 3. The molecule has 0 spiro atoms. The minimum Gasteiger partial charge on any atom is -0.481 e. The molecule has 1 aromatic heterocycles. The first-order chi connectivity index (χ1) is 7.02. The van der Waals surface area contributed by atoms with Gasteiger partial charge in [-0.05, 0) is 26.0 Å². The Morgan fingerprint density at radius 3 is 2.60 bits per heavy atom. The van der Waals surface area contributed by atoms with Crippen LogP contribution in [0.5, 0.6) is 0 Å². The van der Waals surface area contributed by atoms with E-state index in [1.54, 1.807) is 13.0 Å². The highest BCUT2D eigenvalue weighted by Crippen LogP contribution is 2.05. The molecule has 0 saturated carbocycles. The van der Waals surface area contributed by atoms with Gasteiger partial charge in [0.25, 0.3) is 5.91 Å². The van der Waals surface area contributed by atoms with Gasteiger partial charge >= 0.3 is 5.97 Å². The lowest BCUT2D eigenvalue weighted by Gasteiger charge is -2.16. The van der Waals surface area contributed by atoms with Gasteiger partial charge in [-0.25, -0.2) is 0 Å². The average molecular weight is 211 g/mol. The quantitative estimate of drug-likeness (QED) is 0.782. The molecular formula is C10H13NO4. The highest BCUT2D eigenvalue weighted by atomic mass is 16.4. The van der Waals surface area contributed by atoms with Crippen LogP contribution in [0.3, 0.4) is 0 Å². The van der Waals surface area contributed by atoms with Crippen LogP contribution in [0.1, 0.15) is 24.4 Å². The van der Waals surface area contributed by atoms with Crippen molar-refractivity contribution in [2.24, 2.45) is 5.92 Å². The molecule has 5 nitrogen and oxygen atoms in total. The number of hydrogen-bond donors (Lipinski definition) is 2. The van der Waals surface area contributed by atoms with E-state index in [9.17, 15) is 9.59 Å². The minimum absolute atomic E-state index is 0.180. The number of aliphatic carboxylic acids is 1. The number of rotatable bonds is 4. The molecular weight excluding hydrogens is 198 g/mol.